The van der Waals surface area contributed by atoms with Gasteiger partial charge in [-0.25, -0.2) is 0 Å². The predicted octanol–water partition coefficient (Wildman–Crippen LogP) is 1.45. The summed E-state index contributed by atoms with van der Waals surface area (Å²) in [7, 11) is 0. The Morgan fingerprint density at radius 1 is 1.26 bits per heavy atom. The largest absolute Gasteiger partial charge is 0.480 e. The molecule has 3 N–H and O–H groups in total. The lowest BCUT2D eigenvalue weighted by Gasteiger charge is -2.42. The van der Waals surface area contributed by atoms with Crippen LogP contribution in [0, 0.1) is 16.0 Å². The number of carbonyl (C=O) groups excluding carboxylic acids is 1. The first-order chi connectivity index (χ1) is 12.9. The number of amides is 1. The molecule has 0 aromatic heterocycles. The number of rotatable bonds is 10. The number of carboxylic acid groups (broad SMARTS) is 1. The van der Waals surface area contributed by atoms with Crippen molar-refractivity contribution in [2.45, 2.75) is 37.8 Å². The summed E-state index contributed by atoms with van der Waals surface area (Å²) in [5.41, 5.74) is 0.236. The second-order valence-electron chi connectivity index (χ2n) is 7.28. The van der Waals surface area contributed by atoms with E-state index in [2.05, 4.69) is 10.6 Å². The Balaban J connectivity index is 1.42. The van der Waals surface area contributed by atoms with Gasteiger partial charge in [0.2, 0.25) is 5.91 Å². The molecule has 0 atom stereocenters. The van der Waals surface area contributed by atoms with E-state index in [-0.39, 0.29) is 36.8 Å². The van der Waals surface area contributed by atoms with Crippen LogP contribution in [-0.2, 0) is 9.59 Å². The first-order valence-corrected chi connectivity index (χ1v) is 9.15. The molecule has 0 bridgehead atoms. The zero-order valence-corrected chi connectivity index (χ0v) is 15.0. The maximum atomic E-state index is 12.1. The maximum absolute atomic E-state index is 12.1. The third-order valence-electron chi connectivity index (χ3n) is 5.06. The van der Waals surface area contributed by atoms with Crippen molar-refractivity contribution in [1.29, 1.82) is 0 Å². The highest BCUT2D eigenvalue weighted by molar-refractivity contribution is 5.82. The summed E-state index contributed by atoms with van der Waals surface area (Å²) in [6.07, 6.45) is 3.80. The molecule has 1 aromatic rings. The number of aliphatic carboxylic acids is 1. The molecule has 0 radical (unpaired) electrons. The van der Waals surface area contributed by atoms with E-state index >= 15 is 0 Å². The van der Waals surface area contributed by atoms with Gasteiger partial charge in [-0.3, -0.25) is 24.6 Å². The highest BCUT2D eigenvalue weighted by atomic mass is 16.6. The summed E-state index contributed by atoms with van der Waals surface area (Å²) in [5, 5.41) is 25.7. The number of nitrogens with one attached hydrogen (secondary N) is 2. The van der Waals surface area contributed by atoms with Crippen LogP contribution in [0.1, 0.15) is 25.7 Å². The van der Waals surface area contributed by atoms with Gasteiger partial charge in [-0.05, 0) is 37.7 Å². The Labute approximate surface area is 156 Å². The Morgan fingerprint density at radius 3 is 2.59 bits per heavy atom. The molecule has 0 spiro atoms. The summed E-state index contributed by atoms with van der Waals surface area (Å²) < 4.78 is 0. The lowest BCUT2D eigenvalue weighted by molar-refractivity contribution is -0.383. The lowest BCUT2D eigenvalue weighted by Crippen LogP contribution is -2.55. The predicted molar refractivity (Wildman–Crippen MR) is 98.5 cm³/mol. The fourth-order valence-corrected chi connectivity index (χ4v) is 3.39. The van der Waals surface area contributed by atoms with E-state index in [1.165, 1.54) is 18.9 Å². The van der Waals surface area contributed by atoms with Gasteiger partial charge >= 0.3 is 5.97 Å². The molecule has 9 heteroatoms. The first-order valence-electron chi connectivity index (χ1n) is 9.15. The van der Waals surface area contributed by atoms with Crippen molar-refractivity contribution in [3.8, 4) is 0 Å². The molecule has 27 heavy (non-hydrogen) atoms. The van der Waals surface area contributed by atoms with Crippen molar-refractivity contribution < 1.29 is 19.6 Å². The number of hydrogen-bond donors (Lipinski definition) is 3. The number of benzene rings is 1. The van der Waals surface area contributed by atoms with Crippen molar-refractivity contribution in [3.05, 3.63) is 34.4 Å². The highest BCUT2D eigenvalue weighted by Crippen LogP contribution is 2.33. The molecule has 1 aromatic carbocycles. The van der Waals surface area contributed by atoms with Crippen LogP contribution in [0.2, 0.25) is 0 Å². The average molecular weight is 376 g/mol. The molecule has 0 heterocycles. The van der Waals surface area contributed by atoms with Crippen molar-refractivity contribution >= 4 is 23.3 Å². The van der Waals surface area contributed by atoms with E-state index in [1.807, 2.05) is 4.90 Å². The topological polar surface area (TPSA) is 125 Å². The first kappa shape index (κ1) is 19.1. The van der Waals surface area contributed by atoms with Gasteiger partial charge in [-0.15, -0.1) is 0 Å². The normalized spacial score (nSPS) is 21.4. The molecule has 1 amide bonds. The number of para-hydroxylation sites is 2. The SMILES string of the molecule is O=C(O)CN(CC1CC1)C1CC(NC(=O)CNc2ccccc2[N+](=O)[O-])C1. The summed E-state index contributed by atoms with van der Waals surface area (Å²) in [6.45, 7) is 0.810. The van der Waals surface area contributed by atoms with Crippen molar-refractivity contribution in [2.24, 2.45) is 5.92 Å². The molecule has 2 aliphatic carbocycles. The van der Waals surface area contributed by atoms with Gasteiger partial charge in [0, 0.05) is 24.7 Å². The third kappa shape index (κ3) is 5.40. The lowest BCUT2D eigenvalue weighted by atomic mass is 9.85. The van der Waals surface area contributed by atoms with Gasteiger partial charge < -0.3 is 15.7 Å². The van der Waals surface area contributed by atoms with Crippen LogP contribution in [-0.4, -0.2) is 58.5 Å². The summed E-state index contributed by atoms with van der Waals surface area (Å²) in [6, 6.07) is 6.39. The molecule has 2 fully saturated rings. The molecule has 3 rings (SSSR count). The number of nitro benzene ring substituents is 1. The highest BCUT2D eigenvalue weighted by Gasteiger charge is 2.37. The van der Waals surface area contributed by atoms with Gasteiger partial charge in [0.05, 0.1) is 18.0 Å². The minimum Gasteiger partial charge on any atom is -0.480 e. The van der Waals surface area contributed by atoms with Crippen molar-refractivity contribution in [3.63, 3.8) is 0 Å². The fourth-order valence-electron chi connectivity index (χ4n) is 3.39. The Morgan fingerprint density at radius 2 is 1.96 bits per heavy atom. The van der Waals surface area contributed by atoms with Gasteiger partial charge in [-0.2, -0.15) is 0 Å². The quantitative estimate of drug-likeness (QED) is 0.417. The molecule has 2 aliphatic rings. The molecular weight excluding hydrogens is 352 g/mol. The van der Waals surface area contributed by atoms with Crippen LogP contribution >= 0.6 is 0 Å². The van der Waals surface area contributed by atoms with Crippen LogP contribution in [0.25, 0.3) is 0 Å². The van der Waals surface area contributed by atoms with Crippen LogP contribution < -0.4 is 10.6 Å². The van der Waals surface area contributed by atoms with Crippen LogP contribution in [0.5, 0.6) is 0 Å². The minimum atomic E-state index is -0.822. The number of nitrogens with zero attached hydrogens (tertiary/aromatic N) is 2. The number of carboxylic acids is 1. The molecule has 9 nitrogen and oxygen atoms in total. The molecular formula is C18H24N4O5. The van der Waals surface area contributed by atoms with Crippen molar-refractivity contribution in [2.75, 3.05) is 25.0 Å². The van der Waals surface area contributed by atoms with Crippen LogP contribution in [0.15, 0.2) is 24.3 Å². The van der Waals surface area contributed by atoms with Gasteiger partial charge in [-0.1, -0.05) is 12.1 Å². The van der Waals surface area contributed by atoms with E-state index in [4.69, 9.17) is 5.11 Å². The fraction of sp³-hybridized carbons (Fsp3) is 0.556. The molecule has 0 aliphatic heterocycles. The standard InChI is InChI=1S/C18H24N4O5/c23-17(9-19-15-3-1-2-4-16(15)22(26)27)20-13-7-14(8-13)21(11-18(24)25)10-12-5-6-12/h1-4,12-14,19H,5-11H2,(H,20,23)(H,24,25). The van der Waals surface area contributed by atoms with E-state index in [0.29, 0.717) is 11.6 Å². The summed E-state index contributed by atoms with van der Waals surface area (Å²) >= 11 is 0. The Kier molecular flexibility index (Phi) is 5.90. The summed E-state index contributed by atoms with van der Waals surface area (Å²) in [5.74, 6) is -0.441. The molecule has 0 saturated heterocycles. The average Bonchev–Trinajstić information content (AvgIpc) is 3.39. The zero-order chi connectivity index (χ0) is 19.4. The van der Waals surface area contributed by atoms with Gasteiger partial charge in [0.25, 0.3) is 5.69 Å². The molecule has 2 saturated carbocycles. The second kappa shape index (κ2) is 8.34. The van der Waals surface area contributed by atoms with E-state index in [9.17, 15) is 19.7 Å². The third-order valence-corrected chi connectivity index (χ3v) is 5.06. The van der Waals surface area contributed by atoms with E-state index in [1.54, 1.807) is 18.2 Å². The number of nitro groups is 1. The van der Waals surface area contributed by atoms with Crippen LogP contribution in [0.4, 0.5) is 11.4 Å². The van der Waals surface area contributed by atoms with Gasteiger partial charge in [0.15, 0.2) is 0 Å². The second-order valence-corrected chi connectivity index (χ2v) is 7.28. The minimum absolute atomic E-state index is 0.0190. The van der Waals surface area contributed by atoms with Crippen LogP contribution in [0.3, 0.4) is 0 Å². The smallest absolute Gasteiger partial charge is 0.317 e. The zero-order valence-electron chi connectivity index (χ0n) is 15.0. The number of carbonyl (C=O) groups is 2. The van der Waals surface area contributed by atoms with Gasteiger partial charge in [0.1, 0.15) is 5.69 Å². The monoisotopic (exact) mass is 376 g/mol. The Hall–Kier alpha value is -2.68. The maximum Gasteiger partial charge on any atom is 0.317 e. The molecule has 0 unspecified atom stereocenters. The van der Waals surface area contributed by atoms with Crippen molar-refractivity contribution in [1.82, 2.24) is 10.2 Å². The Bertz CT molecular complexity index is 715. The summed E-state index contributed by atoms with van der Waals surface area (Å²) in [4.78, 5) is 35.6. The molecule has 146 valence electrons. The van der Waals surface area contributed by atoms with E-state index in [0.717, 1.165) is 19.4 Å². The van der Waals surface area contributed by atoms with E-state index < -0.39 is 10.9 Å². The number of hydrogen-bond acceptors (Lipinski definition) is 6. The number of anilines is 1.